The van der Waals surface area contributed by atoms with Crippen LogP contribution in [0.3, 0.4) is 0 Å². The Labute approximate surface area is 137 Å². The average Bonchev–Trinajstić information content (AvgIpc) is 3.05. The molecule has 0 fully saturated rings. The Kier molecular flexibility index (Phi) is 5.56. The molecule has 0 unspecified atom stereocenters. The second-order valence-electron chi connectivity index (χ2n) is 4.80. The van der Waals surface area contributed by atoms with E-state index in [-0.39, 0.29) is 24.5 Å². The SMILES string of the molecule is Cc1ccsc1CN(C)C(=O)CCC(=O)c1ccc(Cl)s1. The van der Waals surface area contributed by atoms with Crippen LogP contribution in [0.2, 0.25) is 4.34 Å². The molecule has 0 aliphatic rings. The van der Waals surface area contributed by atoms with Crippen molar-refractivity contribution < 1.29 is 9.59 Å². The van der Waals surface area contributed by atoms with Gasteiger partial charge in [-0.1, -0.05) is 11.6 Å². The van der Waals surface area contributed by atoms with Gasteiger partial charge >= 0.3 is 0 Å². The number of amides is 1. The number of hydrogen-bond donors (Lipinski definition) is 0. The fraction of sp³-hybridized carbons (Fsp3) is 0.333. The van der Waals surface area contributed by atoms with E-state index in [4.69, 9.17) is 11.6 Å². The predicted molar refractivity (Wildman–Crippen MR) is 88.4 cm³/mol. The topological polar surface area (TPSA) is 37.4 Å². The number of halogens is 1. The maximum atomic E-state index is 12.1. The van der Waals surface area contributed by atoms with Gasteiger partial charge in [0.1, 0.15) is 0 Å². The van der Waals surface area contributed by atoms with Crippen LogP contribution >= 0.6 is 34.3 Å². The van der Waals surface area contributed by atoms with Crippen LogP contribution in [0.4, 0.5) is 0 Å². The first-order chi connectivity index (χ1) is 9.97. The van der Waals surface area contributed by atoms with Crippen LogP contribution in [0, 0.1) is 6.92 Å². The Hall–Kier alpha value is -1.17. The van der Waals surface area contributed by atoms with Crippen molar-refractivity contribution in [1.29, 1.82) is 0 Å². The van der Waals surface area contributed by atoms with E-state index < -0.39 is 0 Å². The number of ketones is 1. The summed E-state index contributed by atoms with van der Waals surface area (Å²) in [6.45, 7) is 2.63. The van der Waals surface area contributed by atoms with Gasteiger partial charge in [-0.05, 0) is 36.1 Å². The number of rotatable bonds is 6. The molecule has 0 saturated heterocycles. The third kappa shape index (κ3) is 4.40. The summed E-state index contributed by atoms with van der Waals surface area (Å²) < 4.78 is 0.593. The second kappa shape index (κ2) is 7.20. The minimum atomic E-state index is -0.0269. The van der Waals surface area contributed by atoms with Gasteiger partial charge in [-0.15, -0.1) is 22.7 Å². The first kappa shape index (κ1) is 16.2. The van der Waals surface area contributed by atoms with Crippen molar-refractivity contribution in [1.82, 2.24) is 4.90 Å². The molecule has 3 nitrogen and oxygen atoms in total. The number of carbonyl (C=O) groups excluding carboxylic acids is 2. The van der Waals surface area contributed by atoms with Gasteiger partial charge in [0.15, 0.2) is 5.78 Å². The Balaban J connectivity index is 1.84. The number of thiophene rings is 2. The fourth-order valence-electron chi connectivity index (χ4n) is 1.87. The lowest BCUT2D eigenvalue weighted by molar-refractivity contribution is -0.130. The lowest BCUT2D eigenvalue weighted by Gasteiger charge is -2.16. The number of nitrogens with zero attached hydrogens (tertiary/aromatic N) is 1. The molecule has 0 bridgehead atoms. The largest absolute Gasteiger partial charge is 0.341 e. The normalized spacial score (nSPS) is 10.6. The summed E-state index contributed by atoms with van der Waals surface area (Å²) in [7, 11) is 1.77. The molecule has 0 aromatic carbocycles. The van der Waals surface area contributed by atoms with Crippen LogP contribution in [0.25, 0.3) is 0 Å². The Morgan fingerprint density at radius 2 is 2.00 bits per heavy atom. The molecular formula is C15H16ClNO2S2. The smallest absolute Gasteiger partial charge is 0.223 e. The van der Waals surface area contributed by atoms with Crippen molar-refractivity contribution in [2.24, 2.45) is 0 Å². The van der Waals surface area contributed by atoms with Gasteiger partial charge in [0, 0.05) is 24.8 Å². The highest BCUT2D eigenvalue weighted by Crippen LogP contribution is 2.23. The molecule has 1 amide bonds. The minimum absolute atomic E-state index is 0.0150. The lowest BCUT2D eigenvalue weighted by Crippen LogP contribution is -2.26. The van der Waals surface area contributed by atoms with Gasteiger partial charge in [-0.25, -0.2) is 0 Å². The molecule has 0 saturated carbocycles. The summed E-state index contributed by atoms with van der Waals surface area (Å²) in [5.41, 5.74) is 1.20. The standard InChI is InChI=1S/C15H16ClNO2S2/c1-10-7-8-20-13(10)9-17(2)15(19)6-3-11(18)12-4-5-14(16)21-12/h4-5,7-8H,3,6,9H2,1-2H3. The van der Waals surface area contributed by atoms with E-state index >= 15 is 0 Å². The number of Topliss-reactive ketones (excluding diaryl/α,β-unsaturated/α-hetero) is 1. The van der Waals surface area contributed by atoms with Crippen LogP contribution < -0.4 is 0 Å². The van der Waals surface area contributed by atoms with Gasteiger partial charge < -0.3 is 4.90 Å². The monoisotopic (exact) mass is 341 g/mol. The van der Waals surface area contributed by atoms with Gasteiger partial charge in [-0.2, -0.15) is 0 Å². The number of carbonyl (C=O) groups is 2. The highest BCUT2D eigenvalue weighted by atomic mass is 35.5. The summed E-state index contributed by atoms with van der Waals surface area (Å²) in [5.74, 6) is -0.0419. The van der Waals surface area contributed by atoms with Gasteiger partial charge in [-0.3, -0.25) is 9.59 Å². The zero-order valence-electron chi connectivity index (χ0n) is 11.9. The van der Waals surface area contributed by atoms with Gasteiger partial charge in [0.05, 0.1) is 15.8 Å². The minimum Gasteiger partial charge on any atom is -0.341 e. The first-order valence-electron chi connectivity index (χ1n) is 6.53. The van der Waals surface area contributed by atoms with E-state index in [0.29, 0.717) is 15.8 Å². The van der Waals surface area contributed by atoms with Crippen LogP contribution in [-0.4, -0.2) is 23.6 Å². The van der Waals surface area contributed by atoms with Crippen molar-refractivity contribution in [2.45, 2.75) is 26.3 Å². The van der Waals surface area contributed by atoms with Crippen molar-refractivity contribution >= 4 is 46.0 Å². The summed E-state index contributed by atoms with van der Waals surface area (Å²) >= 11 is 8.70. The van der Waals surface area contributed by atoms with Crippen LogP contribution in [-0.2, 0) is 11.3 Å². The van der Waals surface area contributed by atoms with Crippen molar-refractivity contribution in [3.8, 4) is 0 Å². The number of aryl methyl sites for hydroxylation is 1. The Morgan fingerprint density at radius 3 is 2.57 bits per heavy atom. The zero-order chi connectivity index (χ0) is 15.4. The van der Waals surface area contributed by atoms with Crippen LogP contribution in [0.5, 0.6) is 0 Å². The number of hydrogen-bond acceptors (Lipinski definition) is 4. The average molecular weight is 342 g/mol. The van der Waals surface area contributed by atoms with Crippen molar-refractivity contribution in [2.75, 3.05) is 7.05 Å². The van der Waals surface area contributed by atoms with Crippen LogP contribution in [0.1, 0.15) is 33.0 Å². The second-order valence-corrected chi connectivity index (χ2v) is 7.52. The maximum absolute atomic E-state index is 12.1. The molecule has 2 heterocycles. The molecule has 0 aliphatic carbocycles. The summed E-state index contributed by atoms with van der Waals surface area (Å²) in [6.07, 6.45) is 0.457. The molecule has 0 aliphatic heterocycles. The molecule has 6 heteroatoms. The molecule has 0 atom stereocenters. The van der Waals surface area contributed by atoms with E-state index in [1.807, 2.05) is 18.4 Å². The molecule has 0 spiro atoms. The van der Waals surface area contributed by atoms with Crippen molar-refractivity contribution in [3.63, 3.8) is 0 Å². The third-order valence-electron chi connectivity index (χ3n) is 3.19. The summed E-state index contributed by atoms with van der Waals surface area (Å²) in [6, 6.07) is 5.45. The summed E-state index contributed by atoms with van der Waals surface area (Å²) in [4.78, 5) is 27.5. The van der Waals surface area contributed by atoms with E-state index in [1.165, 1.54) is 21.8 Å². The Bertz CT molecular complexity index is 648. The maximum Gasteiger partial charge on any atom is 0.223 e. The van der Waals surface area contributed by atoms with E-state index in [9.17, 15) is 9.59 Å². The zero-order valence-corrected chi connectivity index (χ0v) is 14.3. The van der Waals surface area contributed by atoms with Crippen LogP contribution in [0.15, 0.2) is 23.6 Å². The molecule has 2 rings (SSSR count). The van der Waals surface area contributed by atoms with Crippen molar-refractivity contribution in [3.05, 3.63) is 43.2 Å². The Morgan fingerprint density at radius 1 is 1.24 bits per heavy atom. The van der Waals surface area contributed by atoms with E-state index in [2.05, 4.69) is 0 Å². The highest BCUT2D eigenvalue weighted by Gasteiger charge is 2.15. The third-order valence-corrected chi connectivity index (χ3v) is 5.47. The molecule has 112 valence electrons. The molecular weight excluding hydrogens is 326 g/mol. The molecule has 21 heavy (non-hydrogen) atoms. The fourth-order valence-corrected chi connectivity index (χ4v) is 3.84. The first-order valence-corrected chi connectivity index (χ1v) is 8.60. The highest BCUT2D eigenvalue weighted by molar-refractivity contribution is 7.18. The molecule has 0 radical (unpaired) electrons. The molecule has 0 N–H and O–H groups in total. The summed E-state index contributed by atoms with van der Waals surface area (Å²) in [5, 5.41) is 2.02. The predicted octanol–water partition coefficient (Wildman–Crippen LogP) is 4.39. The quantitative estimate of drug-likeness (QED) is 0.730. The molecule has 2 aromatic heterocycles. The molecule has 2 aromatic rings. The van der Waals surface area contributed by atoms with E-state index in [1.54, 1.807) is 35.4 Å². The van der Waals surface area contributed by atoms with E-state index in [0.717, 1.165) is 0 Å². The van der Waals surface area contributed by atoms with Gasteiger partial charge in [0.25, 0.3) is 0 Å². The van der Waals surface area contributed by atoms with Gasteiger partial charge in [0.2, 0.25) is 5.91 Å². The lowest BCUT2D eigenvalue weighted by atomic mass is 10.2.